The molecule has 0 aliphatic rings. The van der Waals surface area contributed by atoms with Gasteiger partial charge in [-0.05, 0) is 20.4 Å². The Hall–Kier alpha value is -0.570. The lowest BCUT2D eigenvalue weighted by atomic mass is 10.2. The largest absolute Gasteiger partial charge is 0.387 e. The third-order valence-corrected chi connectivity index (χ3v) is 1.76. The van der Waals surface area contributed by atoms with Gasteiger partial charge in [0.25, 0.3) is 0 Å². The molecule has 0 aliphatic heterocycles. The van der Waals surface area contributed by atoms with Crippen molar-refractivity contribution in [2.24, 2.45) is 5.73 Å². The maximum Gasteiger partial charge on any atom is 0.105 e. The lowest BCUT2D eigenvalue weighted by Crippen LogP contribution is -2.36. The van der Waals surface area contributed by atoms with E-state index in [0.717, 1.165) is 6.42 Å². The first-order valence-electron chi connectivity index (χ1n) is 3.61. The van der Waals surface area contributed by atoms with Crippen molar-refractivity contribution in [2.75, 3.05) is 13.6 Å². The molecule has 3 N–H and O–H groups in total. The maximum absolute atomic E-state index is 7.03. The minimum atomic E-state index is 0.239. The number of amidine groups is 1. The van der Waals surface area contributed by atoms with Gasteiger partial charge >= 0.3 is 0 Å². The number of nitrogens with two attached hydrogens (primary N) is 1. The fourth-order valence-corrected chi connectivity index (χ4v) is 0.736. The van der Waals surface area contributed by atoms with Gasteiger partial charge in [-0.25, -0.2) is 0 Å². The minimum Gasteiger partial charge on any atom is -0.387 e. The molecule has 0 spiro atoms. The standard InChI is InChI=1S/C7H17N3/c1-4-6(2)10(3)5-7(8)9/h6H,4-5H2,1-3H3,(H3,8,9). The normalized spacial score (nSPS) is 13.6. The SMILES string of the molecule is CCC(C)N(C)CC(=N)N. The van der Waals surface area contributed by atoms with Gasteiger partial charge in [-0.2, -0.15) is 0 Å². The highest BCUT2D eigenvalue weighted by atomic mass is 15.1. The van der Waals surface area contributed by atoms with E-state index >= 15 is 0 Å². The Morgan fingerprint density at radius 3 is 2.50 bits per heavy atom. The fraction of sp³-hybridized carbons (Fsp3) is 0.857. The zero-order valence-corrected chi connectivity index (χ0v) is 7.02. The van der Waals surface area contributed by atoms with Crippen LogP contribution in [0.3, 0.4) is 0 Å². The summed E-state index contributed by atoms with van der Waals surface area (Å²) < 4.78 is 0. The summed E-state index contributed by atoms with van der Waals surface area (Å²) in [6, 6.07) is 0.517. The quantitative estimate of drug-likeness (QED) is 0.448. The van der Waals surface area contributed by atoms with E-state index in [-0.39, 0.29) is 5.84 Å². The molecule has 0 amide bonds. The summed E-state index contributed by atoms with van der Waals surface area (Å²) in [4.78, 5) is 2.07. The average molecular weight is 143 g/mol. The third-order valence-electron chi connectivity index (χ3n) is 1.76. The van der Waals surface area contributed by atoms with Crippen LogP contribution in [0.15, 0.2) is 0 Å². The Labute approximate surface area is 62.7 Å². The molecule has 60 valence electrons. The van der Waals surface area contributed by atoms with Crippen LogP contribution in [0, 0.1) is 5.41 Å². The molecule has 1 atom stereocenters. The van der Waals surface area contributed by atoms with Crippen molar-refractivity contribution in [3.8, 4) is 0 Å². The average Bonchev–Trinajstić information content (AvgIpc) is 1.85. The second kappa shape index (κ2) is 4.28. The Kier molecular flexibility index (Phi) is 4.03. The van der Waals surface area contributed by atoms with Crippen molar-refractivity contribution in [1.29, 1.82) is 5.41 Å². The number of rotatable bonds is 4. The van der Waals surface area contributed by atoms with E-state index in [4.69, 9.17) is 11.1 Å². The van der Waals surface area contributed by atoms with E-state index < -0.39 is 0 Å². The van der Waals surface area contributed by atoms with Crippen molar-refractivity contribution < 1.29 is 0 Å². The summed E-state index contributed by atoms with van der Waals surface area (Å²) in [7, 11) is 1.98. The summed E-state index contributed by atoms with van der Waals surface area (Å²) in [5.41, 5.74) is 5.23. The predicted molar refractivity (Wildman–Crippen MR) is 44.3 cm³/mol. The van der Waals surface area contributed by atoms with Crippen LogP contribution in [0.1, 0.15) is 20.3 Å². The first-order chi connectivity index (χ1) is 4.57. The van der Waals surface area contributed by atoms with Crippen LogP contribution in [0.4, 0.5) is 0 Å². The smallest absolute Gasteiger partial charge is 0.105 e. The van der Waals surface area contributed by atoms with Crippen LogP contribution in [0.2, 0.25) is 0 Å². The Morgan fingerprint density at radius 1 is 1.70 bits per heavy atom. The van der Waals surface area contributed by atoms with Crippen LogP contribution in [-0.4, -0.2) is 30.4 Å². The van der Waals surface area contributed by atoms with E-state index in [9.17, 15) is 0 Å². The molecule has 3 nitrogen and oxygen atoms in total. The monoisotopic (exact) mass is 143 g/mol. The Balaban J connectivity index is 3.61. The molecule has 3 heteroatoms. The van der Waals surface area contributed by atoms with Crippen molar-refractivity contribution in [3.63, 3.8) is 0 Å². The molecule has 0 aromatic rings. The van der Waals surface area contributed by atoms with Gasteiger partial charge in [0.15, 0.2) is 0 Å². The third kappa shape index (κ3) is 3.45. The van der Waals surface area contributed by atoms with Gasteiger partial charge in [0.05, 0.1) is 6.54 Å². The van der Waals surface area contributed by atoms with Gasteiger partial charge in [-0.1, -0.05) is 6.92 Å². The summed E-state index contributed by atoms with van der Waals surface area (Å²) in [6.07, 6.45) is 1.10. The van der Waals surface area contributed by atoms with Gasteiger partial charge in [0, 0.05) is 6.04 Å². The molecule has 0 rings (SSSR count). The van der Waals surface area contributed by atoms with Gasteiger partial charge in [0.2, 0.25) is 0 Å². The molecule has 10 heavy (non-hydrogen) atoms. The molecule has 0 aromatic heterocycles. The van der Waals surface area contributed by atoms with Gasteiger partial charge in [-0.15, -0.1) is 0 Å². The van der Waals surface area contributed by atoms with Crippen LogP contribution in [-0.2, 0) is 0 Å². The van der Waals surface area contributed by atoms with E-state index in [1.807, 2.05) is 7.05 Å². The molecule has 0 radical (unpaired) electrons. The molecule has 0 saturated carbocycles. The zero-order chi connectivity index (χ0) is 8.15. The van der Waals surface area contributed by atoms with E-state index in [1.165, 1.54) is 0 Å². The Morgan fingerprint density at radius 2 is 2.20 bits per heavy atom. The predicted octanol–water partition coefficient (Wildman–Crippen LogP) is 0.653. The van der Waals surface area contributed by atoms with Gasteiger partial charge < -0.3 is 5.73 Å². The van der Waals surface area contributed by atoms with Crippen molar-refractivity contribution in [2.45, 2.75) is 26.3 Å². The molecule has 1 unspecified atom stereocenters. The topological polar surface area (TPSA) is 53.1 Å². The number of hydrogen-bond donors (Lipinski definition) is 2. The molecule has 0 saturated heterocycles. The Bertz CT molecular complexity index is 111. The van der Waals surface area contributed by atoms with Gasteiger partial charge in [0.1, 0.15) is 5.84 Å². The highest BCUT2D eigenvalue weighted by Crippen LogP contribution is 1.97. The summed E-state index contributed by atoms with van der Waals surface area (Å²) >= 11 is 0. The molecule has 0 bridgehead atoms. The van der Waals surface area contributed by atoms with Crippen LogP contribution in [0.5, 0.6) is 0 Å². The first kappa shape index (κ1) is 9.43. The zero-order valence-electron chi connectivity index (χ0n) is 7.02. The molecule has 0 fully saturated rings. The second-order valence-corrected chi connectivity index (χ2v) is 2.70. The minimum absolute atomic E-state index is 0.239. The van der Waals surface area contributed by atoms with Crippen molar-refractivity contribution in [3.05, 3.63) is 0 Å². The number of likely N-dealkylation sites (N-methyl/N-ethyl adjacent to an activating group) is 1. The van der Waals surface area contributed by atoms with E-state index in [1.54, 1.807) is 0 Å². The maximum atomic E-state index is 7.03. The second-order valence-electron chi connectivity index (χ2n) is 2.70. The summed E-state index contributed by atoms with van der Waals surface area (Å²) in [6.45, 7) is 4.83. The van der Waals surface area contributed by atoms with E-state index in [0.29, 0.717) is 12.6 Å². The van der Waals surface area contributed by atoms with Crippen LogP contribution >= 0.6 is 0 Å². The number of nitrogens with zero attached hydrogens (tertiary/aromatic N) is 1. The lowest BCUT2D eigenvalue weighted by Gasteiger charge is -2.22. The van der Waals surface area contributed by atoms with Crippen LogP contribution in [0.25, 0.3) is 0 Å². The molecule has 0 aromatic carbocycles. The van der Waals surface area contributed by atoms with Crippen molar-refractivity contribution >= 4 is 5.84 Å². The number of nitrogens with one attached hydrogen (secondary N) is 1. The first-order valence-corrected chi connectivity index (χ1v) is 3.61. The molecule has 0 heterocycles. The molecular weight excluding hydrogens is 126 g/mol. The lowest BCUT2D eigenvalue weighted by molar-refractivity contribution is 0.284. The number of hydrogen-bond acceptors (Lipinski definition) is 2. The highest BCUT2D eigenvalue weighted by molar-refractivity contribution is 5.78. The fourth-order valence-electron chi connectivity index (χ4n) is 0.736. The highest BCUT2D eigenvalue weighted by Gasteiger charge is 2.06. The molecular formula is C7H17N3. The summed E-state index contributed by atoms with van der Waals surface area (Å²) in [5.74, 6) is 0.239. The van der Waals surface area contributed by atoms with E-state index in [2.05, 4.69) is 18.7 Å². The molecule has 0 aliphatic carbocycles. The van der Waals surface area contributed by atoms with Crippen molar-refractivity contribution in [1.82, 2.24) is 4.90 Å². The van der Waals surface area contributed by atoms with Crippen LogP contribution < -0.4 is 5.73 Å². The summed E-state index contributed by atoms with van der Waals surface area (Å²) in [5, 5.41) is 7.03. The van der Waals surface area contributed by atoms with Gasteiger partial charge in [-0.3, -0.25) is 10.3 Å².